The van der Waals surface area contributed by atoms with E-state index in [1.54, 1.807) is 6.26 Å². The van der Waals surface area contributed by atoms with Crippen molar-refractivity contribution >= 4 is 28.2 Å². The number of hydrogen-bond donors (Lipinski definition) is 2. The Balaban J connectivity index is 1.50. The molecule has 0 atom stereocenters. The van der Waals surface area contributed by atoms with E-state index in [-0.39, 0.29) is 0 Å². The Labute approximate surface area is 178 Å². The molecule has 154 valence electrons. The summed E-state index contributed by atoms with van der Waals surface area (Å²) in [6.07, 6.45) is 9.06. The van der Waals surface area contributed by atoms with Crippen LogP contribution < -0.4 is 5.32 Å². The van der Waals surface area contributed by atoms with E-state index in [0.29, 0.717) is 12.6 Å². The van der Waals surface area contributed by atoms with Crippen molar-refractivity contribution in [3.05, 3.63) is 59.2 Å². The molecule has 3 aromatic rings. The second-order valence-electron chi connectivity index (χ2n) is 8.31. The Kier molecular flexibility index (Phi) is 6.24. The van der Waals surface area contributed by atoms with E-state index in [9.17, 15) is 0 Å². The highest BCUT2D eigenvalue weighted by Gasteiger charge is 2.19. The van der Waals surface area contributed by atoms with Gasteiger partial charge in [0.25, 0.3) is 0 Å². The fraction of sp³-hybridized carbons (Fsp3) is 0.458. The predicted molar refractivity (Wildman–Crippen MR) is 123 cm³/mol. The number of nitrogens with zero attached hydrogens (tertiary/aromatic N) is 1. The van der Waals surface area contributed by atoms with Gasteiger partial charge in [-0.05, 0) is 75.2 Å². The molecule has 2 heterocycles. The minimum Gasteiger partial charge on any atom is -0.467 e. The number of fused-ring (bicyclic) bond motifs is 1. The summed E-state index contributed by atoms with van der Waals surface area (Å²) in [5.41, 5.74) is 5.13. The van der Waals surface area contributed by atoms with Crippen LogP contribution in [-0.4, -0.2) is 27.6 Å². The zero-order chi connectivity index (χ0) is 20.2. The van der Waals surface area contributed by atoms with Crippen molar-refractivity contribution in [2.24, 2.45) is 0 Å². The molecule has 1 saturated carbocycles. The minimum absolute atomic E-state index is 0.507. The molecule has 0 aliphatic heterocycles. The highest BCUT2D eigenvalue weighted by molar-refractivity contribution is 7.80. The molecule has 0 bridgehead atoms. The van der Waals surface area contributed by atoms with E-state index >= 15 is 0 Å². The molecule has 0 spiro atoms. The lowest BCUT2D eigenvalue weighted by Crippen LogP contribution is -2.45. The molecular formula is C24H31N3OS. The van der Waals surface area contributed by atoms with Crippen LogP contribution in [0.3, 0.4) is 0 Å². The zero-order valence-electron chi connectivity index (χ0n) is 17.5. The molecule has 0 saturated heterocycles. The maximum atomic E-state index is 5.84. The second kappa shape index (κ2) is 9.04. The average molecular weight is 410 g/mol. The topological polar surface area (TPSA) is 44.2 Å². The van der Waals surface area contributed by atoms with Crippen molar-refractivity contribution in [1.82, 2.24) is 15.2 Å². The number of aryl methyl sites for hydroxylation is 2. The first-order valence-corrected chi connectivity index (χ1v) is 11.2. The number of hydrogen-bond acceptors (Lipinski definition) is 2. The number of H-pyrrole nitrogens is 1. The summed E-state index contributed by atoms with van der Waals surface area (Å²) in [5, 5.41) is 5.80. The van der Waals surface area contributed by atoms with Crippen LogP contribution >= 0.6 is 12.2 Å². The first-order chi connectivity index (χ1) is 14.1. The fourth-order valence-corrected chi connectivity index (χ4v) is 4.74. The highest BCUT2D eigenvalue weighted by atomic mass is 32.1. The van der Waals surface area contributed by atoms with Gasteiger partial charge in [-0.1, -0.05) is 30.9 Å². The van der Waals surface area contributed by atoms with Crippen molar-refractivity contribution in [2.45, 2.75) is 65.0 Å². The van der Waals surface area contributed by atoms with E-state index in [1.807, 2.05) is 12.1 Å². The molecule has 0 unspecified atom stereocenters. The number of thiocarbonyl (C=S) groups is 1. The molecule has 1 aromatic carbocycles. The van der Waals surface area contributed by atoms with Crippen LogP contribution in [0.5, 0.6) is 0 Å². The van der Waals surface area contributed by atoms with Gasteiger partial charge in [0, 0.05) is 29.2 Å². The van der Waals surface area contributed by atoms with Gasteiger partial charge in [-0.15, -0.1) is 0 Å². The smallest absolute Gasteiger partial charge is 0.169 e. The van der Waals surface area contributed by atoms with Gasteiger partial charge in [-0.3, -0.25) is 0 Å². The van der Waals surface area contributed by atoms with Crippen molar-refractivity contribution in [3.8, 4) is 0 Å². The number of aromatic amines is 1. The SMILES string of the molecule is Cc1ccc2[nH]c(C)c(CCN(Cc3ccco3)C(=S)NC3CCCCC3)c2c1. The van der Waals surface area contributed by atoms with Gasteiger partial charge in [0.15, 0.2) is 5.11 Å². The number of benzene rings is 1. The number of nitrogens with one attached hydrogen (secondary N) is 2. The van der Waals surface area contributed by atoms with Gasteiger partial charge < -0.3 is 19.6 Å². The van der Waals surface area contributed by atoms with Gasteiger partial charge in [0.2, 0.25) is 0 Å². The molecule has 1 aliphatic rings. The molecule has 1 fully saturated rings. The molecule has 4 nitrogen and oxygen atoms in total. The molecule has 1 aliphatic carbocycles. The lowest BCUT2D eigenvalue weighted by molar-refractivity contribution is 0.342. The second-order valence-corrected chi connectivity index (χ2v) is 8.70. The van der Waals surface area contributed by atoms with E-state index in [4.69, 9.17) is 16.6 Å². The van der Waals surface area contributed by atoms with Crippen molar-refractivity contribution < 1.29 is 4.42 Å². The van der Waals surface area contributed by atoms with Gasteiger partial charge >= 0.3 is 0 Å². The van der Waals surface area contributed by atoms with E-state index in [1.165, 1.54) is 59.8 Å². The summed E-state index contributed by atoms with van der Waals surface area (Å²) in [4.78, 5) is 5.79. The maximum absolute atomic E-state index is 5.84. The monoisotopic (exact) mass is 409 g/mol. The van der Waals surface area contributed by atoms with Crippen LogP contribution in [0.25, 0.3) is 10.9 Å². The summed E-state index contributed by atoms with van der Waals surface area (Å²) >= 11 is 5.84. The van der Waals surface area contributed by atoms with Crippen LogP contribution in [0.15, 0.2) is 41.0 Å². The molecule has 0 amide bonds. The lowest BCUT2D eigenvalue weighted by Gasteiger charge is -2.30. The van der Waals surface area contributed by atoms with Gasteiger partial charge in [-0.25, -0.2) is 0 Å². The van der Waals surface area contributed by atoms with E-state index in [0.717, 1.165) is 23.8 Å². The standard InChI is InChI=1S/C24H31N3OS/c1-17-10-11-23-22(15-17)21(18(2)25-23)12-13-27(16-20-9-6-14-28-20)24(29)26-19-7-4-3-5-8-19/h6,9-11,14-15,19,25H,3-5,7-8,12-13,16H2,1-2H3,(H,26,29). The van der Waals surface area contributed by atoms with Crippen LogP contribution in [0.4, 0.5) is 0 Å². The van der Waals surface area contributed by atoms with E-state index < -0.39 is 0 Å². The van der Waals surface area contributed by atoms with E-state index in [2.05, 4.69) is 47.2 Å². The molecule has 2 N–H and O–H groups in total. The third-order valence-corrected chi connectivity index (χ3v) is 6.43. The van der Waals surface area contributed by atoms with Gasteiger partial charge in [-0.2, -0.15) is 0 Å². The lowest BCUT2D eigenvalue weighted by atomic mass is 9.96. The van der Waals surface area contributed by atoms with Crippen LogP contribution in [0.1, 0.15) is 54.7 Å². The van der Waals surface area contributed by atoms with Crippen LogP contribution in [-0.2, 0) is 13.0 Å². The Morgan fingerprint density at radius 3 is 2.79 bits per heavy atom. The predicted octanol–water partition coefficient (Wildman–Crippen LogP) is 5.63. The quantitative estimate of drug-likeness (QED) is 0.518. The van der Waals surface area contributed by atoms with Crippen molar-refractivity contribution in [3.63, 3.8) is 0 Å². The molecule has 2 aromatic heterocycles. The Morgan fingerprint density at radius 2 is 2.03 bits per heavy atom. The minimum atomic E-state index is 0.507. The zero-order valence-corrected chi connectivity index (χ0v) is 18.3. The first-order valence-electron chi connectivity index (χ1n) is 10.8. The van der Waals surface area contributed by atoms with Gasteiger partial charge in [0.1, 0.15) is 5.76 Å². The molecule has 29 heavy (non-hydrogen) atoms. The first kappa shape index (κ1) is 20.0. The Bertz CT molecular complexity index is 954. The third-order valence-electron chi connectivity index (χ3n) is 6.05. The molecule has 4 rings (SSSR count). The molecule has 0 radical (unpaired) electrons. The largest absolute Gasteiger partial charge is 0.467 e. The number of furan rings is 1. The maximum Gasteiger partial charge on any atom is 0.169 e. The van der Waals surface area contributed by atoms with Crippen molar-refractivity contribution in [1.29, 1.82) is 0 Å². The van der Waals surface area contributed by atoms with Crippen LogP contribution in [0, 0.1) is 13.8 Å². The summed E-state index contributed by atoms with van der Waals surface area (Å²) in [7, 11) is 0. The summed E-state index contributed by atoms with van der Waals surface area (Å²) in [6, 6.07) is 11.1. The van der Waals surface area contributed by atoms with Crippen LogP contribution in [0.2, 0.25) is 0 Å². The molecule has 5 heteroatoms. The summed E-state index contributed by atoms with van der Waals surface area (Å²) in [5.74, 6) is 0.948. The average Bonchev–Trinajstić information content (AvgIpc) is 3.33. The normalized spacial score (nSPS) is 15.0. The Hall–Kier alpha value is -2.27. The third kappa shape index (κ3) is 4.84. The summed E-state index contributed by atoms with van der Waals surface area (Å²) in [6.45, 7) is 5.88. The molecular weight excluding hydrogens is 378 g/mol. The Morgan fingerprint density at radius 1 is 1.21 bits per heavy atom. The number of aromatic nitrogens is 1. The van der Waals surface area contributed by atoms with Crippen molar-refractivity contribution in [2.75, 3.05) is 6.54 Å². The highest BCUT2D eigenvalue weighted by Crippen LogP contribution is 2.24. The summed E-state index contributed by atoms with van der Waals surface area (Å²) < 4.78 is 5.62. The van der Waals surface area contributed by atoms with Gasteiger partial charge in [0.05, 0.1) is 12.8 Å². The number of rotatable bonds is 6. The fourth-order valence-electron chi connectivity index (χ4n) is 4.42.